The Morgan fingerprint density at radius 3 is 2.36 bits per heavy atom. The van der Waals surface area contributed by atoms with Crippen LogP contribution in [-0.2, 0) is 4.79 Å². The maximum Gasteiger partial charge on any atom is 0.309 e. The third-order valence-corrected chi connectivity index (χ3v) is 3.76. The van der Waals surface area contributed by atoms with Gasteiger partial charge in [0.15, 0.2) is 0 Å². The van der Waals surface area contributed by atoms with Crippen LogP contribution in [0.2, 0.25) is 0 Å². The van der Waals surface area contributed by atoms with Gasteiger partial charge in [-0.1, -0.05) is 13.3 Å². The molecule has 1 N–H and O–H groups in total. The first-order valence-electron chi connectivity index (χ1n) is 4.36. The van der Waals surface area contributed by atoms with E-state index in [1.807, 2.05) is 0 Å². The summed E-state index contributed by atoms with van der Waals surface area (Å²) in [5.41, 5.74) is 0.161. The van der Waals surface area contributed by atoms with Crippen LogP contribution in [0.25, 0.3) is 0 Å². The van der Waals surface area contributed by atoms with E-state index < -0.39 is 5.97 Å². The summed E-state index contributed by atoms with van der Waals surface area (Å²) < 4.78 is 0. The Morgan fingerprint density at radius 2 is 2.09 bits per heavy atom. The topological polar surface area (TPSA) is 37.3 Å². The molecule has 0 amide bonds. The van der Waals surface area contributed by atoms with Gasteiger partial charge in [0.1, 0.15) is 0 Å². The lowest BCUT2D eigenvalue weighted by molar-refractivity contribution is -0.157. The van der Waals surface area contributed by atoms with Crippen molar-refractivity contribution in [3.05, 3.63) is 0 Å². The van der Waals surface area contributed by atoms with E-state index in [1.165, 1.54) is 6.42 Å². The normalized spacial score (nSPS) is 47.0. The molecule has 2 bridgehead atoms. The maximum atomic E-state index is 10.8. The van der Waals surface area contributed by atoms with Gasteiger partial charge in [0.2, 0.25) is 0 Å². The maximum absolute atomic E-state index is 10.8. The fraction of sp³-hybridized carbons (Fsp3) is 0.889. The van der Waals surface area contributed by atoms with Crippen LogP contribution in [0.3, 0.4) is 0 Å². The van der Waals surface area contributed by atoms with Crippen molar-refractivity contribution in [2.75, 3.05) is 0 Å². The number of carboxylic acid groups (broad SMARTS) is 1. The number of carbonyl (C=O) groups is 1. The average molecular weight is 154 g/mol. The Morgan fingerprint density at radius 1 is 1.45 bits per heavy atom. The lowest BCUT2D eigenvalue weighted by Crippen LogP contribution is -2.42. The molecule has 0 aromatic heterocycles. The van der Waals surface area contributed by atoms with Gasteiger partial charge in [-0.2, -0.15) is 0 Å². The Bertz CT molecular complexity index is 202. The van der Waals surface area contributed by atoms with Gasteiger partial charge in [-0.15, -0.1) is 0 Å². The highest BCUT2D eigenvalue weighted by atomic mass is 16.4. The molecule has 0 radical (unpaired) electrons. The SMILES string of the molecule is CCC12CCC(C(=O)O)(C1)C2. The van der Waals surface area contributed by atoms with E-state index in [2.05, 4.69) is 6.92 Å². The molecule has 3 saturated carbocycles. The Balaban J connectivity index is 2.14. The molecule has 0 spiro atoms. The van der Waals surface area contributed by atoms with E-state index in [-0.39, 0.29) is 5.41 Å². The summed E-state index contributed by atoms with van der Waals surface area (Å²) in [6.07, 6.45) is 5.14. The van der Waals surface area contributed by atoms with Crippen molar-refractivity contribution in [1.82, 2.24) is 0 Å². The monoisotopic (exact) mass is 154 g/mol. The van der Waals surface area contributed by atoms with E-state index >= 15 is 0 Å². The molecule has 3 aliphatic rings. The van der Waals surface area contributed by atoms with E-state index in [0.29, 0.717) is 5.41 Å². The van der Waals surface area contributed by atoms with E-state index in [1.54, 1.807) is 0 Å². The second-order valence-corrected chi connectivity index (χ2v) is 4.29. The first kappa shape index (κ1) is 7.14. The van der Waals surface area contributed by atoms with Crippen LogP contribution < -0.4 is 0 Å². The lowest BCUT2D eigenvalue weighted by Gasteiger charge is -2.44. The lowest BCUT2D eigenvalue weighted by atomic mass is 9.59. The van der Waals surface area contributed by atoms with Gasteiger partial charge in [0.05, 0.1) is 5.41 Å². The molecule has 0 aromatic rings. The van der Waals surface area contributed by atoms with Crippen LogP contribution in [0.4, 0.5) is 0 Å². The van der Waals surface area contributed by atoms with Gasteiger partial charge in [0.25, 0.3) is 0 Å². The van der Waals surface area contributed by atoms with Crippen LogP contribution in [0.5, 0.6) is 0 Å². The van der Waals surface area contributed by atoms with Gasteiger partial charge >= 0.3 is 5.97 Å². The number of aliphatic carboxylic acids is 1. The summed E-state index contributed by atoms with van der Waals surface area (Å²) in [6, 6.07) is 0. The zero-order valence-electron chi connectivity index (χ0n) is 6.89. The first-order chi connectivity index (χ1) is 5.13. The summed E-state index contributed by atoms with van der Waals surface area (Å²) in [5, 5.41) is 8.92. The molecule has 62 valence electrons. The third kappa shape index (κ3) is 0.700. The largest absolute Gasteiger partial charge is 0.481 e. The third-order valence-electron chi connectivity index (χ3n) is 3.76. The van der Waals surface area contributed by atoms with E-state index in [0.717, 1.165) is 25.7 Å². The van der Waals surface area contributed by atoms with Crippen LogP contribution in [0.15, 0.2) is 0 Å². The number of fused-ring (bicyclic) bond motifs is 1. The predicted octanol–water partition coefficient (Wildman–Crippen LogP) is 2.04. The minimum absolute atomic E-state index is 0.282. The molecule has 0 atom stereocenters. The molecule has 11 heavy (non-hydrogen) atoms. The van der Waals surface area contributed by atoms with Crippen LogP contribution in [-0.4, -0.2) is 11.1 Å². The number of carboxylic acids is 1. The Labute approximate surface area is 66.6 Å². The molecule has 3 fully saturated rings. The van der Waals surface area contributed by atoms with Crippen molar-refractivity contribution >= 4 is 5.97 Å². The summed E-state index contributed by atoms with van der Waals surface area (Å²) in [7, 11) is 0. The van der Waals surface area contributed by atoms with Crippen LogP contribution >= 0.6 is 0 Å². The highest BCUT2D eigenvalue weighted by molar-refractivity contribution is 5.77. The van der Waals surface area contributed by atoms with Gasteiger partial charge in [0, 0.05) is 0 Å². The van der Waals surface area contributed by atoms with Crippen molar-refractivity contribution in [2.24, 2.45) is 10.8 Å². The Hall–Kier alpha value is -0.530. The summed E-state index contributed by atoms with van der Waals surface area (Å²) in [6.45, 7) is 2.18. The van der Waals surface area contributed by atoms with Gasteiger partial charge in [-0.05, 0) is 31.1 Å². The van der Waals surface area contributed by atoms with Gasteiger partial charge in [-0.3, -0.25) is 4.79 Å². The molecular weight excluding hydrogens is 140 g/mol. The number of hydrogen-bond acceptors (Lipinski definition) is 1. The molecule has 0 saturated heterocycles. The number of rotatable bonds is 2. The van der Waals surface area contributed by atoms with Gasteiger partial charge in [-0.25, -0.2) is 0 Å². The zero-order valence-corrected chi connectivity index (χ0v) is 6.89. The van der Waals surface area contributed by atoms with Crippen molar-refractivity contribution < 1.29 is 9.90 Å². The summed E-state index contributed by atoms with van der Waals surface area (Å²) in [4.78, 5) is 10.8. The highest BCUT2D eigenvalue weighted by Gasteiger charge is 2.63. The summed E-state index contributed by atoms with van der Waals surface area (Å²) >= 11 is 0. The standard InChI is InChI=1S/C9H14O2/c1-2-8-3-4-9(5-8,6-8)7(10)11/h2-6H2,1H3,(H,10,11). The van der Waals surface area contributed by atoms with E-state index in [4.69, 9.17) is 5.11 Å². The summed E-state index contributed by atoms with van der Waals surface area (Å²) in [5.74, 6) is -0.556. The van der Waals surface area contributed by atoms with E-state index in [9.17, 15) is 4.79 Å². The zero-order chi connectivity index (χ0) is 8.11. The first-order valence-corrected chi connectivity index (χ1v) is 4.36. The van der Waals surface area contributed by atoms with Crippen molar-refractivity contribution in [2.45, 2.75) is 39.0 Å². The van der Waals surface area contributed by atoms with Crippen LogP contribution in [0.1, 0.15) is 39.0 Å². The van der Waals surface area contributed by atoms with Crippen molar-refractivity contribution in [3.8, 4) is 0 Å². The smallest absolute Gasteiger partial charge is 0.309 e. The van der Waals surface area contributed by atoms with Crippen molar-refractivity contribution in [1.29, 1.82) is 0 Å². The quantitative estimate of drug-likeness (QED) is 0.660. The fourth-order valence-corrected chi connectivity index (χ4v) is 2.93. The Kier molecular flexibility index (Phi) is 1.16. The molecule has 0 aromatic carbocycles. The molecule has 3 aliphatic carbocycles. The predicted molar refractivity (Wildman–Crippen MR) is 41.3 cm³/mol. The molecular formula is C9H14O2. The molecule has 0 unspecified atom stereocenters. The molecule has 3 rings (SSSR count). The van der Waals surface area contributed by atoms with Crippen molar-refractivity contribution in [3.63, 3.8) is 0 Å². The highest BCUT2D eigenvalue weighted by Crippen LogP contribution is 2.68. The van der Waals surface area contributed by atoms with Crippen LogP contribution in [0, 0.1) is 10.8 Å². The van der Waals surface area contributed by atoms with Gasteiger partial charge < -0.3 is 5.11 Å². The fourth-order valence-electron chi connectivity index (χ4n) is 2.93. The number of hydrogen-bond donors (Lipinski definition) is 1. The minimum atomic E-state index is -0.556. The second-order valence-electron chi connectivity index (χ2n) is 4.29. The molecule has 2 nitrogen and oxygen atoms in total. The molecule has 2 heteroatoms. The average Bonchev–Trinajstić information content (AvgIpc) is 2.39. The molecule has 0 aliphatic heterocycles. The minimum Gasteiger partial charge on any atom is -0.481 e. The molecule has 0 heterocycles. The second kappa shape index (κ2) is 1.79.